The molecule has 0 fully saturated rings. The normalized spacial score (nSPS) is 15.8. The van der Waals surface area contributed by atoms with Gasteiger partial charge in [-0.05, 0) is 12.1 Å². The molecule has 0 spiro atoms. The molecule has 1 rings (SSSR count). The van der Waals surface area contributed by atoms with Crippen LogP contribution in [0.5, 0.6) is 11.5 Å². The Labute approximate surface area is 94.9 Å². The van der Waals surface area contributed by atoms with Crippen molar-refractivity contribution in [2.24, 2.45) is 0 Å². The molecule has 0 heterocycles. The molecule has 0 bridgehead atoms. The maximum atomic E-state index is 12.7. The molecule has 0 saturated carbocycles. The summed E-state index contributed by atoms with van der Waals surface area (Å²) < 4.78 is 12.7. The van der Waals surface area contributed by atoms with Crippen LogP contribution in [0.2, 0.25) is 0 Å². The lowest BCUT2D eigenvalue weighted by Gasteiger charge is -2.30. The van der Waals surface area contributed by atoms with Crippen molar-refractivity contribution in [1.82, 2.24) is 0 Å². The Morgan fingerprint density at radius 2 is 1.62 bits per heavy atom. The SMILES string of the molecule is CC(C)(C)P(=O)(CO)c1c(O)cccc1O. The van der Waals surface area contributed by atoms with Crippen LogP contribution in [0.1, 0.15) is 20.8 Å². The molecule has 0 aliphatic carbocycles. The zero-order valence-electron chi connectivity index (χ0n) is 9.64. The average Bonchev–Trinajstić information content (AvgIpc) is 2.15. The van der Waals surface area contributed by atoms with Gasteiger partial charge >= 0.3 is 0 Å². The summed E-state index contributed by atoms with van der Waals surface area (Å²) in [6.45, 7) is 5.11. The second-order valence-electron chi connectivity index (χ2n) is 4.70. The van der Waals surface area contributed by atoms with E-state index in [0.717, 1.165) is 0 Å². The van der Waals surface area contributed by atoms with E-state index in [4.69, 9.17) is 0 Å². The van der Waals surface area contributed by atoms with E-state index in [1.807, 2.05) is 0 Å². The second kappa shape index (κ2) is 4.11. The molecule has 3 N–H and O–H groups in total. The highest BCUT2D eigenvalue weighted by molar-refractivity contribution is 7.73. The minimum Gasteiger partial charge on any atom is -0.507 e. The van der Waals surface area contributed by atoms with Crippen LogP contribution in [-0.2, 0) is 4.57 Å². The number of aliphatic hydroxyl groups is 1. The fourth-order valence-corrected chi connectivity index (χ4v) is 3.63. The third-order valence-electron chi connectivity index (χ3n) is 2.64. The molecule has 1 aromatic rings. The zero-order valence-corrected chi connectivity index (χ0v) is 10.5. The average molecular weight is 244 g/mol. The first-order valence-electron chi connectivity index (χ1n) is 4.95. The third-order valence-corrected chi connectivity index (χ3v) is 6.38. The van der Waals surface area contributed by atoms with Crippen LogP contribution in [-0.4, -0.2) is 26.8 Å². The largest absolute Gasteiger partial charge is 0.507 e. The Morgan fingerprint density at radius 3 is 1.94 bits per heavy atom. The van der Waals surface area contributed by atoms with Crippen molar-refractivity contribution in [3.05, 3.63) is 18.2 Å². The fraction of sp³-hybridized carbons (Fsp3) is 0.455. The molecule has 1 unspecified atom stereocenters. The molecule has 0 radical (unpaired) electrons. The standard InChI is InChI=1S/C11H17O4P/c1-11(2,3)16(15,7-12)10-8(13)5-4-6-9(10)14/h4-6,12-14H,7H2,1-3H3. The van der Waals surface area contributed by atoms with Gasteiger partial charge in [0.05, 0.1) is 5.30 Å². The van der Waals surface area contributed by atoms with E-state index in [9.17, 15) is 19.9 Å². The van der Waals surface area contributed by atoms with Crippen molar-refractivity contribution >= 4 is 12.4 Å². The van der Waals surface area contributed by atoms with Crippen LogP contribution in [0.3, 0.4) is 0 Å². The highest BCUT2D eigenvalue weighted by atomic mass is 31.2. The topological polar surface area (TPSA) is 77.8 Å². The van der Waals surface area contributed by atoms with Gasteiger partial charge in [0.2, 0.25) is 0 Å². The molecule has 0 saturated heterocycles. The van der Waals surface area contributed by atoms with Gasteiger partial charge in [0.1, 0.15) is 17.8 Å². The first-order chi connectivity index (χ1) is 7.24. The summed E-state index contributed by atoms with van der Waals surface area (Å²) in [6.07, 6.45) is -0.582. The first kappa shape index (κ1) is 13.1. The van der Waals surface area contributed by atoms with Crippen molar-refractivity contribution in [3.8, 4) is 11.5 Å². The van der Waals surface area contributed by atoms with Gasteiger partial charge in [0.25, 0.3) is 0 Å². The number of aliphatic hydroxyl groups excluding tert-OH is 1. The molecule has 5 heteroatoms. The first-order valence-corrected chi connectivity index (χ1v) is 6.85. The highest BCUT2D eigenvalue weighted by Gasteiger charge is 2.41. The number of phenols is 2. The molecule has 4 nitrogen and oxygen atoms in total. The molecular weight excluding hydrogens is 227 g/mol. The Hall–Kier alpha value is -0.990. The van der Waals surface area contributed by atoms with Gasteiger partial charge in [-0.3, -0.25) is 0 Å². The van der Waals surface area contributed by atoms with Gasteiger partial charge in [-0.2, -0.15) is 0 Å². The number of phenolic OH excluding ortho intramolecular Hbond substituents is 2. The molecule has 0 amide bonds. The fourth-order valence-electron chi connectivity index (χ4n) is 1.51. The second-order valence-corrected chi connectivity index (χ2v) is 8.25. The molecule has 0 aliphatic rings. The van der Waals surface area contributed by atoms with Gasteiger partial charge in [-0.1, -0.05) is 26.8 Å². The van der Waals surface area contributed by atoms with E-state index in [2.05, 4.69) is 0 Å². The Balaban J connectivity index is 3.53. The molecule has 0 aromatic heterocycles. The van der Waals surface area contributed by atoms with Gasteiger partial charge in [0.15, 0.2) is 7.14 Å². The van der Waals surface area contributed by atoms with Gasteiger partial charge in [-0.25, -0.2) is 0 Å². The molecule has 90 valence electrons. The number of aromatic hydroxyl groups is 2. The van der Waals surface area contributed by atoms with Crippen LogP contribution in [0.4, 0.5) is 0 Å². The minimum atomic E-state index is -3.26. The maximum absolute atomic E-state index is 12.7. The lowest BCUT2D eigenvalue weighted by Crippen LogP contribution is -2.25. The van der Waals surface area contributed by atoms with Gasteiger partial charge in [-0.15, -0.1) is 0 Å². The van der Waals surface area contributed by atoms with Crippen LogP contribution >= 0.6 is 7.14 Å². The summed E-state index contributed by atoms with van der Waals surface area (Å²) in [7, 11) is -3.26. The lowest BCUT2D eigenvalue weighted by molar-refractivity contribution is 0.353. The van der Waals surface area contributed by atoms with Gasteiger partial charge in [0, 0.05) is 5.16 Å². The molecule has 1 atom stereocenters. The van der Waals surface area contributed by atoms with Crippen molar-refractivity contribution < 1.29 is 19.9 Å². The Kier molecular flexibility index (Phi) is 3.36. The molecule has 16 heavy (non-hydrogen) atoms. The predicted octanol–water partition coefficient (Wildman–Crippen LogP) is 1.83. The summed E-state index contributed by atoms with van der Waals surface area (Å²) >= 11 is 0. The quantitative estimate of drug-likeness (QED) is 0.693. The van der Waals surface area contributed by atoms with Crippen LogP contribution in [0.15, 0.2) is 18.2 Å². The predicted molar refractivity (Wildman–Crippen MR) is 63.9 cm³/mol. The lowest BCUT2D eigenvalue weighted by atomic mass is 10.3. The molecular formula is C11H17O4P. The van der Waals surface area contributed by atoms with Crippen LogP contribution < -0.4 is 5.30 Å². The zero-order chi connectivity index (χ0) is 12.6. The maximum Gasteiger partial charge on any atom is 0.151 e. The molecule has 0 aliphatic heterocycles. The van der Waals surface area contributed by atoms with Crippen LogP contribution in [0.25, 0.3) is 0 Å². The van der Waals surface area contributed by atoms with Crippen molar-refractivity contribution in [3.63, 3.8) is 0 Å². The number of hydrogen-bond acceptors (Lipinski definition) is 4. The number of benzene rings is 1. The summed E-state index contributed by atoms with van der Waals surface area (Å²) in [6, 6.07) is 4.16. The Bertz CT molecular complexity index is 414. The van der Waals surface area contributed by atoms with E-state index >= 15 is 0 Å². The summed E-state index contributed by atoms with van der Waals surface area (Å²) in [5.41, 5.74) is 0. The number of hydrogen-bond donors (Lipinski definition) is 3. The van der Waals surface area contributed by atoms with Crippen molar-refractivity contribution in [2.45, 2.75) is 25.9 Å². The monoisotopic (exact) mass is 244 g/mol. The van der Waals surface area contributed by atoms with E-state index in [-0.39, 0.29) is 16.8 Å². The van der Waals surface area contributed by atoms with Crippen molar-refractivity contribution in [2.75, 3.05) is 6.35 Å². The highest BCUT2D eigenvalue weighted by Crippen LogP contribution is 2.58. The van der Waals surface area contributed by atoms with E-state index in [0.29, 0.717) is 0 Å². The molecule has 1 aromatic carbocycles. The number of rotatable bonds is 2. The van der Waals surface area contributed by atoms with E-state index in [1.165, 1.54) is 18.2 Å². The third kappa shape index (κ3) is 1.95. The summed E-state index contributed by atoms with van der Waals surface area (Å²) in [5.74, 6) is -0.486. The van der Waals surface area contributed by atoms with Gasteiger partial charge < -0.3 is 19.9 Å². The van der Waals surface area contributed by atoms with E-state index in [1.54, 1.807) is 20.8 Å². The van der Waals surface area contributed by atoms with E-state index < -0.39 is 18.6 Å². The smallest absolute Gasteiger partial charge is 0.151 e. The summed E-state index contributed by atoms with van der Waals surface area (Å²) in [5, 5.41) is 27.9. The Morgan fingerprint density at radius 1 is 1.19 bits per heavy atom. The van der Waals surface area contributed by atoms with Crippen LogP contribution in [0, 0.1) is 0 Å². The summed E-state index contributed by atoms with van der Waals surface area (Å²) in [4.78, 5) is 0. The van der Waals surface area contributed by atoms with Crippen molar-refractivity contribution in [1.29, 1.82) is 0 Å². The minimum absolute atomic E-state index is 0.0370.